The number of hydrogen-bond acceptors (Lipinski definition) is 4. The first-order valence-corrected chi connectivity index (χ1v) is 6.22. The van der Waals surface area contributed by atoms with Crippen LogP contribution >= 0.6 is 0 Å². The molecule has 6 heteroatoms. The molecule has 1 heterocycles. The first-order chi connectivity index (χ1) is 9.97. The van der Waals surface area contributed by atoms with E-state index in [1.807, 2.05) is 0 Å². The van der Waals surface area contributed by atoms with E-state index < -0.39 is 5.97 Å². The van der Waals surface area contributed by atoms with Crippen molar-refractivity contribution < 1.29 is 19.2 Å². The Bertz CT molecular complexity index is 716. The van der Waals surface area contributed by atoms with E-state index in [0.717, 1.165) is 6.08 Å². The molecule has 0 saturated heterocycles. The zero-order valence-electron chi connectivity index (χ0n) is 11.6. The zero-order valence-corrected chi connectivity index (χ0v) is 11.6. The minimum Gasteiger partial charge on any atom is -0.478 e. The highest BCUT2D eigenvalue weighted by Gasteiger charge is 2.12. The van der Waals surface area contributed by atoms with Crippen molar-refractivity contribution in [2.24, 2.45) is 0 Å². The summed E-state index contributed by atoms with van der Waals surface area (Å²) in [6.07, 6.45) is 2.49. The summed E-state index contributed by atoms with van der Waals surface area (Å²) in [6.45, 7) is 3.48. The van der Waals surface area contributed by atoms with E-state index in [1.165, 1.54) is 6.08 Å². The molecule has 21 heavy (non-hydrogen) atoms. The Morgan fingerprint density at radius 2 is 2.10 bits per heavy atom. The minimum atomic E-state index is -1.04. The second-order valence-corrected chi connectivity index (χ2v) is 4.47. The van der Waals surface area contributed by atoms with Gasteiger partial charge >= 0.3 is 5.97 Å². The molecule has 0 aliphatic carbocycles. The third-order valence-electron chi connectivity index (χ3n) is 2.90. The summed E-state index contributed by atoms with van der Waals surface area (Å²) in [4.78, 5) is 22.8. The molecular formula is C15H14N2O4. The highest BCUT2D eigenvalue weighted by atomic mass is 16.5. The number of rotatable bonds is 4. The number of carbonyl (C=O) groups excluding carboxylic acids is 1. The number of aryl methyl sites for hydroxylation is 1. The fourth-order valence-electron chi connectivity index (χ4n) is 1.85. The van der Waals surface area contributed by atoms with Gasteiger partial charge in [0.05, 0.1) is 0 Å². The first-order valence-electron chi connectivity index (χ1n) is 6.22. The summed E-state index contributed by atoms with van der Waals surface area (Å²) >= 11 is 0. The quantitative estimate of drug-likeness (QED) is 0.843. The number of benzene rings is 1. The van der Waals surface area contributed by atoms with Gasteiger partial charge in [0, 0.05) is 17.7 Å². The molecule has 2 rings (SSSR count). The van der Waals surface area contributed by atoms with E-state index in [1.54, 1.807) is 38.1 Å². The van der Waals surface area contributed by atoms with Crippen LogP contribution in [-0.2, 0) is 4.79 Å². The smallest absolute Gasteiger partial charge is 0.328 e. The van der Waals surface area contributed by atoms with Crippen LogP contribution in [0.4, 0.5) is 5.82 Å². The molecule has 0 unspecified atom stereocenters. The molecule has 0 spiro atoms. The molecular weight excluding hydrogens is 272 g/mol. The van der Waals surface area contributed by atoms with Crippen LogP contribution in [0.1, 0.15) is 27.2 Å². The van der Waals surface area contributed by atoms with Gasteiger partial charge in [-0.15, -0.1) is 0 Å². The van der Waals surface area contributed by atoms with Gasteiger partial charge in [0.15, 0.2) is 5.82 Å². The zero-order chi connectivity index (χ0) is 15.4. The number of aliphatic carboxylic acids is 1. The van der Waals surface area contributed by atoms with Gasteiger partial charge in [0.2, 0.25) is 0 Å². The second-order valence-electron chi connectivity index (χ2n) is 4.47. The molecule has 6 nitrogen and oxygen atoms in total. The number of carbonyl (C=O) groups is 2. The van der Waals surface area contributed by atoms with Crippen LogP contribution in [0.15, 0.2) is 34.9 Å². The number of aromatic nitrogens is 1. The van der Waals surface area contributed by atoms with Crippen LogP contribution in [0.3, 0.4) is 0 Å². The van der Waals surface area contributed by atoms with E-state index >= 15 is 0 Å². The molecule has 0 saturated carbocycles. The van der Waals surface area contributed by atoms with Crippen LogP contribution in [-0.4, -0.2) is 22.1 Å². The molecule has 0 bridgehead atoms. The monoisotopic (exact) mass is 286 g/mol. The van der Waals surface area contributed by atoms with Crippen molar-refractivity contribution in [1.82, 2.24) is 5.16 Å². The number of carboxylic acids is 1. The lowest BCUT2D eigenvalue weighted by atomic mass is 10.0. The summed E-state index contributed by atoms with van der Waals surface area (Å²) in [5, 5.41) is 15.0. The normalized spacial score (nSPS) is 10.8. The van der Waals surface area contributed by atoms with Crippen LogP contribution < -0.4 is 5.32 Å². The first kappa shape index (κ1) is 14.5. The maximum atomic E-state index is 12.2. The molecule has 2 aromatic rings. The Morgan fingerprint density at radius 1 is 1.33 bits per heavy atom. The van der Waals surface area contributed by atoms with Gasteiger partial charge in [-0.1, -0.05) is 17.3 Å². The number of nitrogens with one attached hydrogen (secondary N) is 1. The number of nitrogens with zero attached hydrogens (tertiary/aromatic N) is 1. The Balaban J connectivity index is 2.25. The summed E-state index contributed by atoms with van der Waals surface area (Å²) in [7, 11) is 0. The Hall–Kier alpha value is -2.89. The van der Waals surface area contributed by atoms with Gasteiger partial charge in [-0.05, 0) is 37.1 Å². The molecule has 108 valence electrons. The maximum Gasteiger partial charge on any atom is 0.328 e. The Labute approximate surface area is 121 Å². The number of carboxylic acid groups (broad SMARTS) is 1. The number of amides is 1. The van der Waals surface area contributed by atoms with Gasteiger partial charge in [0.1, 0.15) is 5.76 Å². The Kier molecular flexibility index (Phi) is 4.18. The largest absolute Gasteiger partial charge is 0.478 e. The number of hydrogen-bond donors (Lipinski definition) is 2. The van der Waals surface area contributed by atoms with Crippen LogP contribution in [0.25, 0.3) is 6.08 Å². The van der Waals surface area contributed by atoms with Crippen molar-refractivity contribution in [1.29, 1.82) is 0 Å². The summed E-state index contributed by atoms with van der Waals surface area (Å²) in [6, 6.07) is 6.71. The highest BCUT2D eigenvalue weighted by Crippen LogP contribution is 2.17. The van der Waals surface area contributed by atoms with E-state index in [4.69, 9.17) is 9.63 Å². The fourth-order valence-corrected chi connectivity index (χ4v) is 1.85. The van der Waals surface area contributed by atoms with Crippen molar-refractivity contribution >= 4 is 23.8 Å². The SMILES string of the molecule is Cc1cc(NC(=O)c2cccc(C=CC(=O)O)c2C)no1. The lowest BCUT2D eigenvalue weighted by Crippen LogP contribution is -2.14. The van der Waals surface area contributed by atoms with Gasteiger partial charge in [-0.3, -0.25) is 4.79 Å². The minimum absolute atomic E-state index is 0.327. The van der Waals surface area contributed by atoms with Crippen LogP contribution in [0.5, 0.6) is 0 Å². The average Bonchev–Trinajstić information content (AvgIpc) is 2.82. The van der Waals surface area contributed by atoms with Crippen molar-refractivity contribution in [3.8, 4) is 0 Å². The van der Waals surface area contributed by atoms with E-state index in [0.29, 0.717) is 28.3 Å². The fraction of sp³-hybridized carbons (Fsp3) is 0.133. The van der Waals surface area contributed by atoms with E-state index in [9.17, 15) is 9.59 Å². The van der Waals surface area contributed by atoms with Crippen molar-refractivity contribution in [2.45, 2.75) is 13.8 Å². The molecule has 1 amide bonds. The molecule has 1 aromatic heterocycles. The summed E-state index contributed by atoms with van der Waals surface area (Å²) in [5.41, 5.74) is 1.80. The van der Waals surface area contributed by atoms with Crippen molar-refractivity contribution in [2.75, 3.05) is 5.32 Å². The molecule has 0 radical (unpaired) electrons. The van der Waals surface area contributed by atoms with Gasteiger partial charge in [-0.2, -0.15) is 0 Å². The number of anilines is 1. The second kappa shape index (κ2) is 6.04. The van der Waals surface area contributed by atoms with Crippen molar-refractivity contribution in [3.63, 3.8) is 0 Å². The maximum absolute atomic E-state index is 12.2. The lowest BCUT2D eigenvalue weighted by molar-refractivity contribution is -0.131. The molecule has 2 N–H and O–H groups in total. The van der Waals surface area contributed by atoms with E-state index in [-0.39, 0.29) is 5.91 Å². The standard InChI is InChI=1S/C15H14N2O4/c1-9-8-13(17-21-9)16-15(20)12-5-3-4-11(10(12)2)6-7-14(18)19/h3-8H,1-2H3,(H,18,19)(H,16,17,20). The topological polar surface area (TPSA) is 92.4 Å². The van der Waals surface area contributed by atoms with Crippen LogP contribution in [0.2, 0.25) is 0 Å². The average molecular weight is 286 g/mol. The van der Waals surface area contributed by atoms with Gasteiger partial charge in [0.25, 0.3) is 5.91 Å². The highest BCUT2D eigenvalue weighted by molar-refractivity contribution is 6.05. The molecule has 0 aliphatic heterocycles. The molecule has 0 atom stereocenters. The van der Waals surface area contributed by atoms with Crippen molar-refractivity contribution in [3.05, 3.63) is 52.8 Å². The third kappa shape index (κ3) is 3.56. The lowest BCUT2D eigenvalue weighted by Gasteiger charge is -2.07. The predicted molar refractivity (Wildman–Crippen MR) is 77.0 cm³/mol. The Morgan fingerprint density at radius 3 is 2.71 bits per heavy atom. The molecule has 0 fully saturated rings. The van der Waals surface area contributed by atoms with Crippen LogP contribution in [0, 0.1) is 13.8 Å². The van der Waals surface area contributed by atoms with Gasteiger partial charge in [-0.25, -0.2) is 4.79 Å². The molecule has 1 aromatic carbocycles. The summed E-state index contributed by atoms with van der Waals surface area (Å²) in [5.74, 6) is -0.433. The van der Waals surface area contributed by atoms with E-state index in [2.05, 4.69) is 10.5 Å². The predicted octanol–water partition coefficient (Wildman–Crippen LogP) is 2.64. The summed E-state index contributed by atoms with van der Waals surface area (Å²) < 4.78 is 4.88. The molecule has 0 aliphatic rings. The van der Waals surface area contributed by atoms with Gasteiger partial charge < -0.3 is 14.9 Å². The third-order valence-corrected chi connectivity index (χ3v) is 2.90.